The quantitative estimate of drug-likeness (QED) is 0.407. The minimum Gasteiger partial charge on any atom is -0.481 e. The first-order valence-corrected chi connectivity index (χ1v) is 8.80. The highest BCUT2D eigenvalue weighted by atomic mass is 16.6. The molecule has 1 rings (SSSR count). The minimum atomic E-state index is -1.83. The first kappa shape index (κ1) is 22.1. The number of carbonyl (C=O) groups is 1. The summed E-state index contributed by atoms with van der Waals surface area (Å²) in [5.41, 5.74) is 0. The summed E-state index contributed by atoms with van der Waals surface area (Å²) in [6.07, 6.45) is -1.39. The van der Waals surface area contributed by atoms with Crippen LogP contribution in [0.5, 0.6) is 0 Å². The Balaban J connectivity index is 2.93. The molecule has 0 amide bonds. The van der Waals surface area contributed by atoms with E-state index in [0.29, 0.717) is 0 Å². The molecule has 0 aromatic heterocycles. The van der Waals surface area contributed by atoms with Crippen LogP contribution in [0.3, 0.4) is 0 Å². The van der Waals surface area contributed by atoms with E-state index in [9.17, 15) is 30.3 Å². The molecule has 2 unspecified atom stereocenters. The Morgan fingerprint density at radius 3 is 2.32 bits per heavy atom. The third-order valence-corrected chi connectivity index (χ3v) is 4.49. The number of carboxylic acids is 1. The highest BCUT2D eigenvalue weighted by Gasteiger charge is 2.49. The lowest BCUT2D eigenvalue weighted by Gasteiger charge is -2.44. The Hall–Kier alpha value is -0.990. The SMILES string of the molecule is CC(C)/C=C/[C@H](O)CC1O[C@](O)(C[C@@H](O)C(C)C)CC(O)[C@H]1C(=O)O. The lowest BCUT2D eigenvalue weighted by atomic mass is 9.82. The molecule has 1 aliphatic heterocycles. The van der Waals surface area contributed by atoms with E-state index >= 15 is 0 Å². The van der Waals surface area contributed by atoms with Crippen LogP contribution in [0.4, 0.5) is 0 Å². The fourth-order valence-corrected chi connectivity index (χ4v) is 2.98. The van der Waals surface area contributed by atoms with Gasteiger partial charge in [-0.3, -0.25) is 4.79 Å². The second-order valence-electron chi connectivity index (χ2n) is 7.69. The first-order chi connectivity index (χ1) is 11.4. The number of hydrogen-bond acceptors (Lipinski definition) is 6. The van der Waals surface area contributed by atoms with Gasteiger partial charge in [0.1, 0.15) is 5.92 Å². The maximum Gasteiger partial charge on any atom is 0.311 e. The minimum absolute atomic E-state index is 0.0721. The number of aliphatic hydroxyl groups is 4. The molecule has 6 atom stereocenters. The summed E-state index contributed by atoms with van der Waals surface area (Å²) < 4.78 is 5.58. The van der Waals surface area contributed by atoms with Crippen molar-refractivity contribution in [3.63, 3.8) is 0 Å². The molecule has 25 heavy (non-hydrogen) atoms. The molecule has 0 saturated carbocycles. The average molecular weight is 360 g/mol. The molecule has 0 aromatic rings. The van der Waals surface area contributed by atoms with Gasteiger partial charge >= 0.3 is 5.97 Å². The first-order valence-electron chi connectivity index (χ1n) is 8.80. The van der Waals surface area contributed by atoms with Crippen LogP contribution in [0.1, 0.15) is 47.0 Å². The molecule has 7 nitrogen and oxygen atoms in total. The normalized spacial score (nSPS) is 33.1. The van der Waals surface area contributed by atoms with Crippen LogP contribution in [-0.4, -0.2) is 61.7 Å². The zero-order chi connectivity index (χ0) is 19.4. The summed E-state index contributed by atoms with van der Waals surface area (Å²) in [6, 6.07) is 0. The van der Waals surface area contributed by atoms with E-state index in [1.165, 1.54) is 0 Å². The van der Waals surface area contributed by atoms with E-state index in [-0.39, 0.29) is 31.1 Å². The largest absolute Gasteiger partial charge is 0.481 e. The molecule has 1 fully saturated rings. The molecule has 0 radical (unpaired) electrons. The van der Waals surface area contributed by atoms with Crippen molar-refractivity contribution < 1.29 is 35.1 Å². The van der Waals surface area contributed by atoms with Gasteiger partial charge in [-0.05, 0) is 11.8 Å². The second kappa shape index (κ2) is 9.09. The van der Waals surface area contributed by atoms with Gasteiger partial charge in [-0.2, -0.15) is 0 Å². The molecule has 1 heterocycles. The fraction of sp³-hybridized carbons (Fsp3) is 0.833. The van der Waals surface area contributed by atoms with E-state index in [2.05, 4.69) is 0 Å². The molecule has 1 saturated heterocycles. The van der Waals surface area contributed by atoms with E-state index in [4.69, 9.17) is 4.74 Å². The zero-order valence-corrected chi connectivity index (χ0v) is 15.4. The summed E-state index contributed by atoms with van der Waals surface area (Å²) in [7, 11) is 0. The van der Waals surface area contributed by atoms with Crippen molar-refractivity contribution in [1.29, 1.82) is 0 Å². The van der Waals surface area contributed by atoms with E-state index in [1.54, 1.807) is 26.0 Å². The number of aliphatic carboxylic acids is 1. The third-order valence-electron chi connectivity index (χ3n) is 4.49. The molecule has 5 N–H and O–H groups in total. The Morgan fingerprint density at radius 1 is 1.24 bits per heavy atom. The van der Waals surface area contributed by atoms with Crippen LogP contribution in [0.25, 0.3) is 0 Å². The van der Waals surface area contributed by atoms with Gasteiger partial charge in [-0.1, -0.05) is 39.8 Å². The van der Waals surface area contributed by atoms with E-state index < -0.39 is 42.1 Å². The molecule has 0 spiro atoms. The number of rotatable bonds is 8. The van der Waals surface area contributed by atoms with Gasteiger partial charge in [0.25, 0.3) is 0 Å². The summed E-state index contributed by atoms with van der Waals surface area (Å²) in [5.74, 6) is -4.23. The smallest absolute Gasteiger partial charge is 0.311 e. The van der Waals surface area contributed by atoms with Gasteiger partial charge in [-0.25, -0.2) is 0 Å². The van der Waals surface area contributed by atoms with Crippen molar-refractivity contribution >= 4 is 5.97 Å². The number of allylic oxidation sites excluding steroid dienone is 1. The standard InChI is InChI=1S/C18H32O7/c1-10(2)5-6-12(19)7-15-16(17(22)23)14(21)9-18(24,25-15)8-13(20)11(3)4/h5-6,10-16,19-21,24H,7-9H2,1-4H3,(H,22,23)/b6-5+/t12-,13+,14?,15?,16+,18+/m0/s1. The molecule has 0 bridgehead atoms. The molecular formula is C18H32O7. The van der Waals surface area contributed by atoms with Gasteiger partial charge < -0.3 is 30.3 Å². The third kappa shape index (κ3) is 6.67. The monoisotopic (exact) mass is 360 g/mol. The van der Waals surface area contributed by atoms with Gasteiger partial charge in [-0.15, -0.1) is 0 Å². The summed E-state index contributed by atoms with van der Waals surface area (Å²) in [4.78, 5) is 11.5. The van der Waals surface area contributed by atoms with Crippen LogP contribution in [0.2, 0.25) is 0 Å². The van der Waals surface area contributed by atoms with Crippen molar-refractivity contribution in [2.75, 3.05) is 0 Å². The predicted octanol–water partition coefficient (Wildman–Crippen LogP) is 0.896. The van der Waals surface area contributed by atoms with Crippen LogP contribution < -0.4 is 0 Å². The fourth-order valence-electron chi connectivity index (χ4n) is 2.98. The van der Waals surface area contributed by atoms with Crippen LogP contribution >= 0.6 is 0 Å². The topological polar surface area (TPSA) is 127 Å². The maximum absolute atomic E-state index is 11.5. The number of ether oxygens (including phenoxy) is 1. The highest BCUT2D eigenvalue weighted by molar-refractivity contribution is 5.71. The Bertz CT molecular complexity index is 462. The Morgan fingerprint density at radius 2 is 1.84 bits per heavy atom. The molecule has 0 aliphatic carbocycles. The lowest BCUT2D eigenvalue weighted by Crippen LogP contribution is -2.56. The number of aliphatic hydroxyl groups excluding tert-OH is 3. The predicted molar refractivity (Wildman–Crippen MR) is 91.6 cm³/mol. The lowest BCUT2D eigenvalue weighted by molar-refractivity contribution is -0.300. The van der Waals surface area contributed by atoms with Crippen LogP contribution in [-0.2, 0) is 9.53 Å². The number of carboxylic acid groups (broad SMARTS) is 1. The summed E-state index contributed by atoms with van der Waals surface area (Å²) in [6.45, 7) is 7.45. The maximum atomic E-state index is 11.5. The van der Waals surface area contributed by atoms with Crippen LogP contribution in [0.15, 0.2) is 12.2 Å². The van der Waals surface area contributed by atoms with Crippen molar-refractivity contribution in [3.05, 3.63) is 12.2 Å². The molecule has 1 aliphatic rings. The zero-order valence-electron chi connectivity index (χ0n) is 15.4. The molecular weight excluding hydrogens is 328 g/mol. The summed E-state index contributed by atoms with van der Waals surface area (Å²) >= 11 is 0. The molecule has 146 valence electrons. The number of hydrogen-bond donors (Lipinski definition) is 5. The van der Waals surface area contributed by atoms with E-state index in [1.807, 2.05) is 13.8 Å². The van der Waals surface area contributed by atoms with Gasteiger partial charge in [0, 0.05) is 19.3 Å². The van der Waals surface area contributed by atoms with Crippen molar-refractivity contribution in [2.45, 2.75) is 77.2 Å². The highest BCUT2D eigenvalue weighted by Crippen LogP contribution is 2.37. The summed E-state index contributed by atoms with van der Waals surface area (Å²) in [5, 5.41) is 50.4. The Labute approximate surface area is 148 Å². The van der Waals surface area contributed by atoms with Crippen molar-refractivity contribution in [2.24, 2.45) is 17.8 Å². The molecule has 7 heteroatoms. The molecule has 0 aromatic carbocycles. The van der Waals surface area contributed by atoms with Crippen LogP contribution in [0, 0.1) is 17.8 Å². The second-order valence-corrected chi connectivity index (χ2v) is 7.69. The average Bonchev–Trinajstić information content (AvgIpc) is 2.43. The van der Waals surface area contributed by atoms with Gasteiger partial charge in [0.2, 0.25) is 0 Å². The van der Waals surface area contributed by atoms with Gasteiger partial charge in [0.15, 0.2) is 5.79 Å². The van der Waals surface area contributed by atoms with Crippen molar-refractivity contribution in [3.8, 4) is 0 Å². The van der Waals surface area contributed by atoms with E-state index in [0.717, 1.165) is 0 Å². The van der Waals surface area contributed by atoms with Gasteiger partial charge in [0.05, 0.1) is 24.4 Å². The van der Waals surface area contributed by atoms with Crippen molar-refractivity contribution in [1.82, 2.24) is 0 Å². The Kier molecular flexibility index (Phi) is 8.02.